The number of imide groups is 1. The second kappa shape index (κ2) is 14.4. The van der Waals surface area contributed by atoms with Gasteiger partial charge in [-0.25, -0.2) is 4.39 Å². The molecule has 1 saturated carbocycles. The van der Waals surface area contributed by atoms with Crippen molar-refractivity contribution in [3.05, 3.63) is 59.4 Å². The number of halogens is 1. The Balaban J connectivity index is 0.737. The van der Waals surface area contributed by atoms with Crippen LogP contribution in [-0.2, 0) is 16.1 Å². The molecule has 9 rings (SSSR count). The van der Waals surface area contributed by atoms with Crippen molar-refractivity contribution in [2.45, 2.75) is 63.6 Å². The monoisotopic (exact) mass is 751 g/mol. The fourth-order valence-corrected chi connectivity index (χ4v) is 9.97. The Kier molecular flexibility index (Phi) is 9.36. The smallest absolute Gasteiger partial charge is 0.255 e. The lowest BCUT2D eigenvalue weighted by Crippen LogP contribution is -2.66. The van der Waals surface area contributed by atoms with Crippen molar-refractivity contribution in [1.82, 2.24) is 30.2 Å². The molecule has 55 heavy (non-hydrogen) atoms. The molecule has 3 N–H and O–H groups in total. The number of fused-ring (bicyclic) bond motifs is 4. The standard InChI is InChI=1S/C41H50FN9O4/c1-41-24-43-38-35(20-33(45-46-38)30-3-2-4-32(42)37(30)53)51(41)18-15-48(25-41)22-27-7-5-26(6-8-27)21-47-13-16-49(17-14-47)29-10-9-28-23-50(40(55)31(28)19-29)34-11-12-36(52)44-39(34)54/h2-4,9-10,19-20,26-27,34,53H,5-8,11-18,21-25H2,1H3,(H,43,46)(H,44,52,54)/t26-,27-,34?,41?. The van der Waals surface area contributed by atoms with Crippen LogP contribution in [0.25, 0.3) is 11.3 Å². The maximum Gasteiger partial charge on any atom is 0.255 e. The summed E-state index contributed by atoms with van der Waals surface area (Å²) in [4.78, 5) is 49.1. The van der Waals surface area contributed by atoms with Gasteiger partial charge in [0.05, 0.1) is 16.9 Å². The number of aromatic hydroxyl groups is 1. The highest BCUT2D eigenvalue weighted by Crippen LogP contribution is 2.41. The van der Waals surface area contributed by atoms with E-state index in [4.69, 9.17) is 0 Å². The average molecular weight is 752 g/mol. The van der Waals surface area contributed by atoms with Gasteiger partial charge in [-0.1, -0.05) is 12.1 Å². The normalized spacial score (nSPS) is 27.3. The summed E-state index contributed by atoms with van der Waals surface area (Å²) in [6.07, 6.45) is 5.69. The van der Waals surface area contributed by atoms with E-state index in [0.717, 1.165) is 94.1 Å². The van der Waals surface area contributed by atoms with E-state index in [0.29, 0.717) is 35.7 Å². The lowest BCUT2D eigenvalue weighted by molar-refractivity contribution is -0.136. The minimum absolute atomic E-state index is 0.121. The largest absolute Gasteiger partial charge is 0.504 e. The van der Waals surface area contributed by atoms with Gasteiger partial charge in [-0.2, -0.15) is 0 Å². The molecular weight excluding hydrogens is 702 g/mol. The zero-order valence-electron chi connectivity index (χ0n) is 31.5. The first-order chi connectivity index (χ1) is 26.6. The van der Waals surface area contributed by atoms with E-state index in [1.165, 1.54) is 31.7 Å². The number of aromatic nitrogens is 2. The molecule has 13 nitrogen and oxygen atoms in total. The number of phenolic OH excluding ortho intramolecular Hbond substituents is 1. The first-order valence-corrected chi connectivity index (χ1v) is 20.0. The van der Waals surface area contributed by atoms with Crippen LogP contribution in [0.2, 0.25) is 0 Å². The van der Waals surface area contributed by atoms with Gasteiger partial charge in [0.2, 0.25) is 11.8 Å². The van der Waals surface area contributed by atoms with Crippen molar-refractivity contribution in [2.75, 3.05) is 80.6 Å². The predicted molar refractivity (Wildman–Crippen MR) is 206 cm³/mol. The zero-order chi connectivity index (χ0) is 37.8. The molecule has 0 bridgehead atoms. The minimum Gasteiger partial charge on any atom is -0.504 e. The molecule has 3 saturated heterocycles. The van der Waals surface area contributed by atoms with Gasteiger partial charge in [0.25, 0.3) is 5.91 Å². The summed E-state index contributed by atoms with van der Waals surface area (Å²) in [6, 6.07) is 11.9. The molecule has 3 amide bonds. The Morgan fingerprint density at radius 3 is 2.38 bits per heavy atom. The molecule has 290 valence electrons. The number of nitrogens with one attached hydrogen (secondary N) is 2. The van der Waals surface area contributed by atoms with E-state index in [1.54, 1.807) is 17.0 Å². The van der Waals surface area contributed by atoms with Crippen molar-refractivity contribution >= 4 is 34.9 Å². The first kappa shape index (κ1) is 35.9. The van der Waals surface area contributed by atoms with E-state index in [-0.39, 0.29) is 29.7 Å². The summed E-state index contributed by atoms with van der Waals surface area (Å²) in [6.45, 7) is 12.4. The summed E-state index contributed by atoms with van der Waals surface area (Å²) >= 11 is 0. The Labute approximate surface area is 320 Å². The number of amides is 3. The Morgan fingerprint density at radius 1 is 0.873 bits per heavy atom. The number of carbonyl (C=O) groups is 3. The summed E-state index contributed by atoms with van der Waals surface area (Å²) in [7, 11) is 0. The number of benzene rings is 2. The summed E-state index contributed by atoms with van der Waals surface area (Å²) in [5, 5.41) is 24.9. The molecule has 3 aromatic rings. The number of piperidine rings is 1. The lowest BCUT2D eigenvalue weighted by Gasteiger charge is -2.53. The number of nitrogens with zero attached hydrogens (tertiary/aromatic N) is 7. The summed E-state index contributed by atoms with van der Waals surface area (Å²) in [5.74, 6) is 0.310. The third-order valence-electron chi connectivity index (χ3n) is 13.1. The molecule has 2 atom stereocenters. The van der Waals surface area contributed by atoms with Crippen molar-refractivity contribution < 1.29 is 23.9 Å². The molecule has 1 aliphatic carbocycles. The second-order valence-corrected chi connectivity index (χ2v) is 16.8. The summed E-state index contributed by atoms with van der Waals surface area (Å²) < 4.78 is 14.1. The van der Waals surface area contributed by atoms with Crippen LogP contribution in [0.3, 0.4) is 0 Å². The minimum atomic E-state index is -0.669. The molecular formula is C41H50FN9O4. The molecule has 2 aromatic carbocycles. The number of hydrogen-bond donors (Lipinski definition) is 3. The van der Waals surface area contributed by atoms with Gasteiger partial charge in [-0.15, -0.1) is 10.2 Å². The van der Waals surface area contributed by atoms with Gasteiger partial charge >= 0.3 is 0 Å². The van der Waals surface area contributed by atoms with Crippen LogP contribution in [0.5, 0.6) is 5.75 Å². The van der Waals surface area contributed by atoms with Crippen LogP contribution in [-0.4, -0.2) is 125 Å². The average Bonchev–Trinajstić information content (AvgIpc) is 3.51. The number of para-hydroxylation sites is 1. The van der Waals surface area contributed by atoms with E-state index in [2.05, 4.69) is 53.4 Å². The Morgan fingerprint density at radius 2 is 1.62 bits per heavy atom. The van der Waals surface area contributed by atoms with Crippen LogP contribution in [0.4, 0.5) is 21.6 Å². The second-order valence-electron chi connectivity index (χ2n) is 16.8. The number of anilines is 3. The van der Waals surface area contributed by atoms with Gasteiger partial charge in [0, 0.05) is 95.2 Å². The highest BCUT2D eigenvalue weighted by molar-refractivity contribution is 6.05. The Bertz CT molecular complexity index is 2000. The van der Waals surface area contributed by atoms with Crippen LogP contribution < -0.4 is 20.4 Å². The highest BCUT2D eigenvalue weighted by Gasteiger charge is 2.43. The quantitative estimate of drug-likeness (QED) is 0.305. The van der Waals surface area contributed by atoms with E-state index >= 15 is 0 Å². The molecule has 5 aliphatic heterocycles. The van der Waals surface area contributed by atoms with Crippen LogP contribution >= 0.6 is 0 Å². The van der Waals surface area contributed by atoms with Gasteiger partial charge < -0.3 is 25.1 Å². The van der Waals surface area contributed by atoms with Crippen molar-refractivity contribution in [1.29, 1.82) is 0 Å². The summed E-state index contributed by atoms with van der Waals surface area (Å²) in [5.41, 5.74) is 4.30. The molecule has 2 unspecified atom stereocenters. The fourth-order valence-electron chi connectivity index (χ4n) is 9.97. The van der Waals surface area contributed by atoms with Crippen molar-refractivity contribution in [3.8, 4) is 17.0 Å². The molecule has 6 heterocycles. The Hall–Kier alpha value is -4.82. The first-order valence-electron chi connectivity index (χ1n) is 20.0. The van der Waals surface area contributed by atoms with Gasteiger partial charge in [0.1, 0.15) is 6.04 Å². The van der Waals surface area contributed by atoms with Crippen LogP contribution in [0, 0.1) is 17.7 Å². The van der Waals surface area contributed by atoms with Gasteiger partial charge in [-0.3, -0.25) is 29.5 Å². The van der Waals surface area contributed by atoms with E-state index in [1.807, 2.05) is 18.2 Å². The molecule has 0 spiro atoms. The molecule has 4 fully saturated rings. The number of hydrogen-bond acceptors (Lipinski definition) is 11. The van der Waals surface area contributed by atoms with Crippen molar-refractivity contribution in [2.24, 2.45) is 11.8 Å². The number of carbonyl (C=O) groups excluding carboxylic acids is 3. The third kappa shape index (κ3) is 6.88. The topological polar surface area (TPSA) is 137 Å². The number of piperazine rings is 2. The molecule has 0 radical (unpaired) electrons. The van der Waals surface area contributed by atoms with Gasteiger partial charge in [-0.05, 0) is 86.8 Å². The number of phenols is 1. The van der Waals surface area contributed by atoms with E-state index < -0.39 is 17.6 Å². The van der Waals surface area contributed by atoms with Crippen LogP contribution in [0.1, 0.15) is 61.4 Å². The van der Waals surface area contributed by atoms with Gasteiger partial charge in [0.15, 0.2) is 17.4 Å². The van der Waals surface area contributed by atoms with Crippen molar-refractivity contribution in [3.63, 3.8) is 0 Å². The number of rotatable bonds is 7. The SMILES string of the molecule is CC12CNc3nnc(-c4cccc(F)c4O)cc3N1CCN(C[C@H]1CC[C@H](CN3CCN(c4ccc5c(c4)C(=O)N(C4CCC(=O)NC4=O)C5)CC3)CC1)C2. The maximum atomic E-state index is 14.1. The fraction of sp³-hybridized carbons (Fsp3) is 0.537. The third-order valence-corrected chi connectivity index (χ3v) is 13.1. The van der Waals surface area contributed by atoms with E-state index in [9.17, 15) is 23.9 Å². The molecule has 1 aromatic heterocycles. The zero-order valence-corrected chi connectivity index (χ0v) is 31.5. The molecule has 14 heteroatoms. The highest BCUT2D eigenvalue weighted by atomic mass is 19.1. The lowest BCUT2D eigenvalue weighted by atomic mass is 9.81. The maximum absolute atomic E-state index is 14.1. The van der Waals surface area contributed by atoms with Crippen LogP contribution in [0.15, 0.2) is 42.5 Å². The molecule has 6 aliphatic rings. The predicted octanol–water partition coefficient (Wildman–Crippen LogP) is 3.68.